The number of halogens is 3. The van der Waals surface area contributed by atoms with Crippen LogP contribution in [0.3, 0.4) is 0 Å². The fraction of sp³-hybridized carbons (Fsp3) is 0.222. The Morgan fingerprint density at radius 3 is 2.67 bits per heavy atom. The van der Waals surface area contributed by atoms with Crippen molar-refractivity contribution < 1.29 is 8.78 Å². The van der Waals surface area contributed by atoms with Crippen LogP contribution in [0.5, 0.6) is 0 Å². The molecule has 1 aromatic rings. The van der Waals surface area contributed by atoms with Gasteiger partial charge in [-0.2, -0.15) is 0 Å². The minimum atomic E-state index is -0.855. The molecule has 0 saturated carbocycles. The summed E-state index contributed by atoms with van der Waals surface area (Å²) in [5, 5.41) is 0. The van der Waals surface area contributed by atoms with Crippen molar-refractivity contribution in [2.45, 2.75) is 5.92 Å². The van der Waals surface area contributed by atoms with Crippen LogP contribution in [-0.4, -0.2) is 5.88 Å². The van der Waals surface area contributed by atoms with E-state index in [1.807, 2.05) is 0 Å². The molecule has 3 heteroatoms. The first kappa shape index (κ1) is 9.46. The van der Waals surface area contributed by atoms with Gasteiger partial charge in [0.15, 0.2) is 11.6 Å². The van der Waals surface area contributed by atoms with E-state index in [1.54, 1.807) is 0 Å². The number of benzene rings is 1. The first-order valence-electron chi connectivity index (χ1n) is 3.49. The summed E-state index contributed by atoms with van der Waals surface area (Å²) in [5.41, 5.74) is 0.227. The summed E-state index contributed by atoms with van der Waals surface area (Å²) >= 11 is 5.46. The van der Waals surface area contributed by atoms with Crippen molar-refractivity contribution in [3.05, 3.63) is 42.3 Å². The van der Waals surface area contributed by atoms with Crippen LogP contribution in [-0.2, 0) is 0 Å². The molecule has 0 aliphatic carbocycles. The molecule has 1 aromatic carbocycles. The zero-order valence-electron chi connectivity index (χ0n) is 6.36. The highest BCUT2D eigenvalue weighted by atomic mass is 35.5. The quantitative estimate of drug-likeness (QED) is 0.627. The van der Waals surface area contributed by atoms with Gasteiger partial charge in [0.2, 0.25) is 0 Å². The van der Waals surface area contributed by atoms with Gasteiger partial charge in [0.25, 0.3) is 0 Å². The maximum atomic E-state index is 13.0. The predicted octanol–water partition coefficient (Wildman–Crippen LogP) is 3.12. The van der Waals surface area contributed by atoms with E-state index in [-0.39, 0.29) is 11.4 Å². The summed E-state index contributed by atoms with van der Waals surface area (Å²) in [5.74, 6) is -1.92. The van der Waals surface area contributed by atoms with Gasteiger partial charge in [-0.15, -0.1) is 11.6 Å². The van der Waals surface area contributed by atoms with Crippen LogP contribution in [0.1, 0.15) is 11.5 Å². The Bertz CT molecular complexity index is 273. The van der Waals surface area contributed by atoms with Crippen molar-refractivity contribution in [1.82, 2.24) is 0 Å². The fourth-order valence-electron chi connectivity index (χ4n) is 0.919. The highest BCUT2D eigenvalue weighted by molar-refractivity contribution is 6.18. The minimum absolute atomic E-state index is 0.181. The Labute approximate surface area is 75.2 Å². The number of rotatable bonds is 2. The highest BCUT2D eigenvalue weighted by Crippen LogP contribution is 2.21. The lowest BCUT2D eigenvalue weighted by Crippen LogP contribution is -2.00. The smallest absolute Gasteiger partial charge is 0.162 e. The Hall–Kier alpha value is -0.630. The molecular weight excluding hydrogens is 182 g/mol. The predicted molar refractivity (Wildman–Crippen MR) is 45.2 cm³/mol. The standard InChI is InChI=1S/C9H8ClF2/c1-6(5-10)7-3-2-4-8(11)9(7)12/h2-4,6H,1,5H2. The molecule has 0 bridgehead atoms. The van der Waals surface area contributed by atoms with Gasteiger partial charge in [-0.25, -0.2) is 8.78 Å². The topological polar surface area (TPSA) is 0 Å². The van der Waals surface area contributed by atoms with Crippen molar-refractivity contribution in [3.63, 3.8) is 0 Å². The van der Waals surface area contributed by atoms with Crippen molar-refractivity contribution >= 4 is 11.6 Å². The molecule has 0 spiro atoms. The average Bonchev–Trinajstić information content (AvgIpc) is 2.08. The average molecular weight is 190 g/mol. The molecule has 12 heavy (non-hydrogen) atoms. The number of hydrogen-bond donors (Lipinski definition) is 0. The second-order valence-electron chi connectivity index (χ2n) is 2.49. The van der Waals surface area contributed by atoms with E-state index < -0.39 is 17.6 Å². The summed E-state index contributed by atoms with van der Waals surface area (Å²) in [7, 11) is 0. The summed E-state index contributed by atoms with van der Waals surface area (Å²) in [4.78, 5) is 0. The van der Waals surface area contributed by atoms with Crippen LogP contribution >= 0.6 is 11.6 Å². The molecule has 0 aliphatic heterocycles. The van der Waals surface area contributed by atoms with Crippen LogP contribution in [0.4, 0.5) is 8.78 Å². The van der Waals surface area contributed by atoms with Crippen molar-refractivity contribution in [1.29, 1.82) is 0 Å². The summed E-state index contributed by atoms with van der Waals surface area (Å²) < 4.78 is 25.6. The largest absolute Gasteiger partial charge is 0.204 e. The van der Waals surface area contributed by atoms with E-state index in [0.717, 1.165) is 6.07 Å². The second kappa shape index (κ2) is 3.85. The Morgan fingerprint density at radius 2 is 2.08 bits per heavy atom. The molecule has 1 rings (SSSR count). The molecule has 65 valence electrons. The molecule has 1 unspecified atom stereocenters. The molecular formula is C9H8ClF2. The summed E-state index contributed by atoms with van der Waals surface area (Å²) in [6, 6.07) is 4.00. The van der Waals surface area contributed by atoms with Gasteiger partial charge in [0.1, 0.15) is 0 Å². The lowest BCUT2D eigenvalue weighted by Gasteiger charge is -2.08. The molecule has 0 saturated heterocycles. The zero-order chi connectivity index (χ0) is 9.14. The van der Waals surface area contributed by atoms with E-state index in [0.29, 0.717) is 0 Å². The van der Waals surface area contributed by atoms with Crippen LogP contribution < -0.4 is 0 Å². The van der Waals surface area contributed by atoms with Crippen LogP contribution in [0.15, 0.2) is 18.2 Å². The van der Waals surface area contributed by atoms with Crippen LogP contribution in [0.2, 0.25) is 0 Å². The van der Waals surface area contributed by atoms with Gasteiger partial charge in [-0.3, -0.25) is 0 Å². The van der Waals surface area contributed by atoms with Crippen molar-refractivity contribution in [2.24, 2.45) is 0 Å². The molecule has 1 radical (unpaired) electrons. The van der Waals surface area contributed by atoms with Gasteiger partial charge in [-0.1, -0.05) is 12.1 Å². The molecule has 0 N–H and O–H groups in total. The highest BCUT2D eigenvalue weighted by Gasteiger charge is 2.12. The monoisotopic (exact) mass is 189 g/mol. The van der Waals surface area contributed by atoms with E-state index >= 15 is 0 Å². The SMILES string of the molecule is [CH2]C(CCl)c1cccc(F)c1F. The molecule has 0 fully saturated rings. The lowest BCUT2D eigenvalue weighted by atomic mass is 10.0. The summed E-state index contributed by atoms with van der Waals surface area (Å²) in [6.07, 6.45) is 0. The first-order chi connectivity index (χ1) is 5.66. The number of alkyl halides is 1. The third-order valence-corrected chi connectivity index (χ3v) is 1.98. The van der Waals surface area contributed by atoms with Gasteiger partial charge < -0.3 is 0 Å². The second-order valence-corrected chi connectivity index (χ2v) is 2.80. The lowest BCUT2D eigenvalue weighted by molar-refractivity contribution is 0.497. The first-order valence-corrected chi connectivity index (χ1v) is 4.03. The van der Waals surface area contributed by atoms with Gasteiger partial charge in [0, 0.05) is 11.8 Å². The normalized spacial score (nSPS) is 13.0. The van der Waals surface area contributed by atoms with E-state index in [2.05, 4.69) is 6.92 Å². The third-order valence-electron chi connectivity index (χ3n) is 1.61. The third kappa shape index (κ3) is 1.75. The van der Waals surface area contributed by atoms with Crippen molar-refractivity contribution in [3.8, 4) is 0 Å². The molecule has 0 heterocycles. The van der Waals surface area contributed by atoms with Gasteiger partial charge in [-0.05, 0) is 18.6 Å². The maximum Gasteiger partial charge on any atom is 0.162 e. The molecule has 1 atom stereocenters. The van der Waals surface area contributed by atoms with Crippen molar-refractivity contribution in [2.75, 3.05) is 5.88 Å². The van der Waals surface area contributed by atoms with E-state index in [4.69, 9.17) is 11.6 Å². The minimum Gasteiger partial charge on any atom is -0.204 e. The van der Waals surface area contributed by atoms with Crippen LogP contribution in [0, 0.1) is 18.6 Å². The molecule has 0 aliphatic rings. The Morgan fingerprint density at radius 1 is 1.42 bits per heavy atom. The summed E-state index contributed by atoms with van der Waals surface area (Å²) in [6.45, 7) is 3.59. The Kier molecular flexibility index (Phi) is 3.04. The zero-order valence-corrected chi connectivity index (χ0v) is 7.11. The fourth-order valence-corrected chi connectivity index (χ4v) is 1.09. The number of hydrogen-bond acceptors (Lipinski definition) is 0. The van der Waals surface area contributed by atoms with E-state index in [9.17, 15) is 8.78 Å². The Balaban J connectivity index is 3.07. The van der Waals surface area contributed by atoms with Gasteiger partial charge in [0.05, 0.1) is 0 Å². The molecule has 0 amide bonds. The van der Waals surface area contributed by atoms with Crippen LogP contribution in [0.25, 0.3) is 0 Å². The maximum absolute atomic E-state index is 13.0. The van der Waals surface area contributed by atoms with Gasteiger partial charge >= 0.3 is 0 Å². The molecule has 0 aromatic heterocycles. The molecule has 0 nitrogen and oxygen atoms in total. The van der Waals surface area contributed by atoms with E-state index in [1.165, 1.54) is 12.1 Å².